The fourth-order valence-corrected chi connectivity index (χ4v) is 1.62. The van der Waals surface area contributed by atoms with E-state index in [-0.39, 0.29) is 18.2 Å². The lowest BCUT2D eigenvalue weighted by Gasteiger charge is -2.05. The number of benzene rings is 1. The maximum absolute atomic E-state index is 11.9. The second-order valence-electron chi connectivity index (χ2n) is 4.33. The third-order valence-electron chi connectivity index (χ3n) is 2.69. The Kier molecular flexibility index (Phi) is 6.17. The van der Waals surface area contributed by atoms with E-state index in [4.69, 9.17) is 0 Å². The molecule has 0 radical (unpaired) electrons. The first-order chi connectivity index (χ1) is 9.58. The molecule has 0 bridgehead atoms. The molecule has 0 unspecified atom stereocenters. The van der Waals surface area contributed by atoms with Crippen molar-refractivity contribution in [1.82, 2.24) is 5.32 Å². The minimum absolute atomic E-state index is 0.0199. The fourth-order valence-electron chi connectivity index (χ4n) is 1.62. The van der Waals surface area contributed by atoms with Crippen LogP contribution in [0.5, 0.6) is 0 Å². The van der Waals surface area contributed by atoms with Crippen molar-refractivity contribution in [3.8, 4) is 0 Å². The molecule has 3 heteroatoms. The summed E-state index contributed by atoms with van der Waals surface area (Å²) in [4.78, 5) is 23.8. The van der Waals surface area contributed by atoms with E-state index in [0.29, 0.717) is 11.1 Å². The van der Waals surface area contributed by atoms with Crippen molar-refractivity contribution in [2.45, 2.75) is 13.8 Å². The standard InChI is InChI=1S/C17H19NO2/c1-4-6-15(7-5-2)17(20)18-12-16(19)14-10-8-13(3)9-11-14/h4-11H,1,12H2,2-3H3,(H,18,20)/b7-5-,15-6+. The Hall–Kier alpha value is -2.42. The molecule has 1 rings (SSSR count). The molecular weight excluding hydrogens is 250 g/mol. The fraction of sp³-hybridized carbons (Fsp3) is 0.176. The van der Waals surface area contributed by atoms with Gasteiger partial charge in [-0.3, -0.25) is 9.59 Å². The molecule has 1 amide bonds. The second-order valence-corrected chi connectivity index (χ2v) is 4.33. The summed E-state index contributed by atoms with van der Waals surface area (Å²) in [6.45, 7) is 7.32. The number of amides is 1. The van der Waals surface area contributed by atoms with E-state index in [1.807, 2.05) is 26.0 Å². The van der Waals surface area contributed by atoms with Crippen LogP contribution in [0.3, 0.4) is 0 Å². The molecule has 0 aliphatic rings. The van der Waals surface area contributed by atoms with Crippen LogP contribution in [0.2, 0.25) is 0 Å². The van der Waals surface area contributed by atoms with Gasteiger partial charge in [0, 0.05) is 11.1 Å². The lowest BCUT2D eigenvalue weighted by atomic mass is 10.1. The van der Waals surface area contributed by atoms with Crippen molar-refractivity contribution in [1.29, 1.82) is 0 Å². The van der Waals surface area contributed by atoms with Gasteiger partial charge < -0.3 is 5.32 Å². The first-order valence-electron chi connectivity index (χ1n) is 6.42. The van der Waals surface area contributed by atoms with Crippen molar-refractivity contribution in [3.63, 3.8) is 0 Å². The van der Waals surface area contributed by atoms with Crippen molar-refractivity contribution in [3.05, 3.63) is 71.8 Å². The van der Waals surface area contributed by atoms with Crippen LogP contribution in [-0.4, -0.2) is 18.2 Å². The van der Waals surface area contributed by atoms with E-state index in [2.05, 4.69) is 11.9 Å². The minimum Gasteiger partial charge on any atom is -0.345 e. The molecule has 0 spiro atoms. The SMILES string of the molecule is C=C/C=C(\C=C/C)C(=O)NCC(=O)c1ccc(C)cc1. The normalized spacial score (nSPS) is 11.4. The smallest absolute Gasteiger partial charge is 0.251 e. The van der Waals surface area contributed by atoms with Crippen molar-refractivity contribution >= 4 is 11.7 Å². The van der Waals surface area contributed by atoms with Crippen LogP contribution in [0.1, 0.15) is 22.8 Å². The summed E-state index contributed by atoms with van der Waals surface area (Å²) < 4.78 is 0. The third-order valence-corrected chi connectivity index (χ3v) is 2.69. The van der Waals surface area contributed by atoms with Crippen molar-refractivity contribution < 1.29 is 9.59 Å². The molecule has 0 heterocycles. The van der Waals surface area contributed by atoms with Gasteiger partial charge in [-0.15, -0.1) is 0 Å². The highest BCUT2D eigenvalue weighted by molar-refractivity contribution is 6.02. The third kappa shape index (κ3) is 4.69. The predicted molar refractivity (Wildman–Crippen MR) is 81.6 cm³/mol. The van der Waals surface area contributed by atoms with Crippen LogP contribution in [0.15, 0.2) is 60.7 Å². The van der Waals surface area contributed by atoms with Crippen molar-refractivity contribution in [2.75, 3.05) is 6.54 Å². The van der Waals surface area contributed by atoms with Crippen LogP contribution in [0.25, 0.3) is 0 Å². The van der Waals surface area contributed by atoms with E-state index >= 15 is 0 Å². The van der Waals surface area contributed by atoms with Crippen LogP contribution < -0.4 is 5.32 Å². The largest absolute Gasteiger partial charge is 0.345 e. The molecule has 104 valence electrons. The highest BCUT2D eigenvalue weighted by atomic mass is 16.2. The molecule has 20 heavy (non-hydrogen) atoms. The Morgan fingerprint density at radius 2 is 1.90 bits per heavy atom. The number of allylic oxidation sites excluding steroid dienone is 3. The van der Waals surface area contributed by atoms with Gasteiger partial charge in [0.1, 0.15) is 0 Å². The van der Waals surface area contributed by atoms with Gasteiger partial charge in [0.15, 0.2) is 5.78 Å². The molecule has 0 aromatic heterocycles. The zero-order chi connectivity index (χ0) is 15.0. The monoisotopic (exact) mass is 269 g/mol. The lowest BCUT2D eigenvalue weighted by molar-refractivity contribution is -0.117. The summed E-state index contributed by atoms with van der Waals surface area (Å²) >= 11 is 0. The van der Waals surface area contributed by atoms with Gasteiger partial charge in [-0.05, 0) is 13.8 Å². The zero-order valence-corrected chi connectivity index (χ0v) is 11.8. The molecule has 0 aliphatic carbocycles. The number of carbonyl (C=O) groups is 2. The Morgan fingerprint density at radius 3 is 2.45 bits per heavy atom. The molecular formula is C17H19NO2. The van der Waals surface area contributed by atoms with E-state index in [1.54, 1.807) is 30.4 Å². The van der Waals surface area contributed by atoms with Gasteiger partial charge in [-0.25, -0.2) is 0 Å². The molecule has 0 atom stereocenters. The molecule has 0 fully saturated rings. The average molecular weight is 269 g/mol. The first kappa shape index (κ1) is 15.6. The number of hydrogen-bond acceptors (Lipinski definition) is 2. The first-order valence-corrected chi connectivity index (χ1v) is 6.42. The quantitative estimate of drug-likeness (QED) is 0.490. The minimum atomic E-state index is -0.288. The molecule has 1 aromatic carbocycles. The molecule has 0 saturated carbocycles. The van der Waals surface area contributed by atoms with E-state index in [9.17, 15) is 9.59 Å². The molecule has 1 aromatic rings. The highest BCUT2D eigenvalue weighted by Crippen LogP contribution is 2.04. The number of Topliss-reactive ketones (excluding diaryl/α,β-unsaturated/α-hetero) is 1. The average Bonchev–Trinajstić information content (AvgIpc) is 2.45. The molecule has 3 nitrogen and oxygen atoms in total. The number of aryl methyl sites for hydroxylation is 1. The second kappa shape index (κ2) is 7.89. The number of hydrogen-bond donors (Lipinski definition) is 1. The topological polar surface area (TPSA) is 46.2 Å². The van der Waals surface area contributed by atoms with Crippen LogP contribution in [-0.2, 0) is 4.79 Å². The van der Waals surface area contributed by atoms with E-state index in [1.165, 1.54) is 6.08 Å². The predicted octanol–water partition coefficient (Wildman–Crippen LogP) is 2.98. The Morgan fingerprint density at radius 1 is 1.25 bits per heavy atom. The number of ketones is 1. The number of rotatable bonds is 6. The van der Waals surface area contributed by atoms with Gasteiger partial charge in [-0.1, -0.05) is 60.7 Å². The van der Waals surface area contributed by atoms with Crippen LogP contribution in [0.4, 0.5) is 0 Å². The maximum Gasteiger partial charge on any atom is 0.251 e. The van der Waals surface area contributed by atoms with Gasteiger partial charge >= 0.3 is 0 Å². The summed E-state index contributed by atoms with van der Waals surface area (Å²) in [5, 5.41) is 2.61. The van der Waals surface area contributed by atoms with Crippen LogP contribution >= 0.6 is 0 Å². The summed E-state index contributed by atoms with van der Waals surface area (Å²) in [5.41, 5.74) is 2.16. The Bertz CT molecular complexity index is 551. The summed E-state index contributed by atoms with van der Waals surface area (Å²) in [7, 11) is 0. The van der Waals surface area contributed by atoms with E-state index in [0.717, 1.165) is 5.56 Å². The molecule has 0 aliphatic heterocycles. The summed E-state index contributed by atoms with van der Waals surface area (Å²) in [6.07, 6.45) is 6.58. The zero-order valence-electron chi connectivity index (χ0n) is 11.8. The van der Waals surface area contributed by atoms with Gasteiger partial charge in [0.2, 0.25) is 0 Å². The summed E-state index contributed by atoms with van der Waals surface area (Å²) in [6, 6.07) is 7.27. The number of nitrogens with one attached hydrogen (secondary N) is 1. The van der Waals surface area contributed by atoms with Gasteiger partial charge in [0.05, 0.1) is 6.54 Å². The summed E-state index contributed by atoms with van der Waals surface area (Å²) in [5.74, 6) is -0.403. The van der Waals surface area contributed by atoms with Crippen molar-refractivity contribution in [2.24, 2.45) is 0 Å². The highest BCUT2D eigenvalue weighted by Gasteiger charge is 2.09. The van der Waals surface area contributed by atoms with Gasteiger partial charge in [-0.2, -0.15) is 0 Å². The van der Waals surface area contributed by atoms with Crippen LogP contribution in [0, 0.1) is 6.92 Å². The molecule has 0 saturated heterocycles. The lowest BCUT2D eigenvalue weighted by Crippen LogP contribution is -2.30. The Balaban J connectivity index is 2.64. The maximum atomic E-state index is 11.9. The van der Waals surface area contributed by atoms with Gasteiger partial charge in [0.25, 0.3) is 5.91 Å². The number of carbonyl (C=O) groups excluding carboxylic acids is 2. The Labute approximate surface area is 119 Å². The van der Waals surface area contributed by atoms with E-state index < -0.39 is 0 Å². The molecule has 1 N–H and O–H groups in total.